The summed E-state index contributed by atoms with van der Waals surface area (Å²) in [6, 6.07) is 10.1. The molecular formula is C19H34N3O2+. The second-order valence-corrected chi connectivity index (χ2v) is 6.13. The van der Waals surface area contributed by atoms with Crippen LogP contribution in [0.25, 0.3) is 0 Å². The molecule has 3 N–H and O–H groups in total. The van der Waals surface area contributed by atoms with E-state index in [1.165, 1.54) is 0 Å². The standard InChI is InChI=1S/C19H33N3O2/c1-4-22(5-2,6-3)14-15-24-18(16-21-19(23)12-13-20)17-10-8-7-9-11-17/h7-11,18H,4-6,12-16,20H2,1-3H3/p+1. The van der Waals surface area contributed by atoms with Gasteiger partial charge in [0, 0.05) is 19.5 Å². The quantitative estimate of drug-likeness (QED) is 0.575. The van der Waals surface area contributed by atoms with Gasteiger partial charge in [-0.1, -0.05) is 30.3 Å². The van der Waals surface area contributed by atoms with Gasteiger partial charge in [-0.25, -0.2) is 0 Å². The van der Waals surface area contributed by atoms with Crippen molar-refractivity contribution in [3.05, 3.63) is 35.9 Å². The molecule has 0 fully saturated rings. The molecule has 1 aromatic carbocycles. The lowest BCUT2D eigenvalue weighted by molar-refractivity contribution is -0.923. The van der Waals surface area contributed by atoms with E-state index in [1.807, 2.05) is 30.3 Å². The van der Waals surface area contributed by atoms with Crippen LogP contribution in [0, 0.1) is 0 Å². The number of nitrogens with two attached hydrogens (primary N) is 1. The summed E-state index contributed by atoms with van der Waals surface area (Å²) in [5.74, 6) is -0.0252. The lowest BCUT2D eigenvalue weighted by Gasteiger charge is -2.36. The lowest BCUT2D eigenvalue weighted by atomic mass is 10.1. The monoisotopic (exact) mass is 336 g/mol. The number of hydrogen-bond donors (Lipinski definition) is 2. The summed E-state index contributed by atoms with van der Waals surface area (Å²) in [5.41, 5.74) is 6.52. The Hall–Kier alpha value is -1.43. The first kappa shape index (κ1) is 20.6. The number of likely N-dealkylation sites (N-methyl/N-ethyl adjacent to an activating group) is 1. The Bertz CT molecular complexity index is 453. The van der Waals surface area contributed by atoms with E-state index in [1.54, 1.807) is 0 Å². The molecule has 0 aliphatic heterocycles. The predicted molar refractivity (Wildman–Crippen MR) is 98.6 cm³/mol. The molecule has 1 rings (SSSR count). The third-order valence-electron chi connectivity index (χ3n) is 4.92. The molecule has 1 unspecified atom stereocenters. The van der Waals surface area contributed by atoms with Crippen LogP contribution in [-0.2, 0) is 9.53 Å². The van der Waals surface area contributed by atoms with Crippen LogP contribution in [0.1, 0.15) is 38.9 Å². The van der Waals surface area contributed by atoms with Crippen molar-refractivity contribution in [2.75, 3.05) is 45.9 Å². The Morgan fingerprint density at radius 2 is 1.79 bits per heavy atom. The molecule has 0 spiro atoms. The fourth-order valence-corrected chi connectivity index (χ4v) is 2.90. The van der Waals surface area contributed by atoms with Crippen LogP contribution < -0.4 is 11.1 Å². The van der Waals surface area contributed by atoms with Gasteiger partial charge in [0.2, 0.25) is 5.91 Å². The van der Waals surface area contributed by atoms with Crippen molar-refractivity contribution in [3.8, 4) is 0 Å². The van der Waals surface area contributed by atoms with Gasteiger partial charge in [-0.2, -0.15) is 0 Å². The average molecular weight is 336 g/mol. The lowest BCUT2D eigenvalue weighted by Crippen LogP contribution is -2.49. The van der Waals surface area contributed by atoms with Gasteiger partial charge in [-0.15, -0.1) is 0 Å². The number of amides is 1. The van der Waals surface area contributed by atoms with Crippen molar-refractivity contribution in [2.45, 2.75) is 33.3 Å². The van der Waals surface area contributed by atoms with Gasteiger partial charge in [0.15, 0.2) is 0 Å². The molecule has 24 heavy (non-hydrogen) atoms. The Morgan fingerprint density at radius 1 is 1.17 bits per heavy atom. The third kappa shape index (κ3) is 6.59. The molecule has 0 saturated carbocycles. The van der Waals surface area contributed by atoms with Crippen LogP contribution in [0.15, 0.2) is 30.3 Å². The Kier molecular flexibility index (Phi) is 9.60. The number of carbonyl (C=O) groups excluding carboxylic acids is 1. The van der Waals surface area contributed by atoms with Crippen molar-refractivity contribution in [3.63, 3.8) is 0 Å². The zero-order valence-electron chi connectivity index (χ0n) is 15.5. The first-order chi connectivity index (χ1) is 11.6. The Labute approximate surface area is 146 Å². The molecule has 0 aliphatic rings. The molecule has 5 nitrogen and oxygen atoms in total. The van der Waals surface area contributed by atoms with E-state index >= 15 is 0 Å². The molecule has 136 valence electrons. The van der Waals surface area contributed by atoms with E-state index in [9.17, 15) is 4.79 Å². The highest BCUT2D eigenvalue weighted by Gasteiger charge is 2.21. The first-order valence-electron chi connectivity index (χ1n) is 9.09. The average Bonchev–Trinajstić information content (AvgIpc) is 2.63. The van der Waals surface area contributed by atoms with Gasteiger partial charge in [0.25, 0.3) is 0 Å². The van der Waals surface area contributed by atoms with Crippen LogP contribution in [0.4, 0.5) is 0 Å². The molecule has 5 heteroatoms. The summed E-state index contributed by atoms with van der Waals surface area (Å²) in [4.78, 5) is 11.7. The van der Waals surface area contributed by atoms with Crippen LogP contribution in [0.2, 0.25) is 0 Å². The number of hydrogen-bond acceptors (Lipinski definition) is 3. The van der Waals surface area contributed by atoms with Crippen molar-refractivity contribution in [1.82, 2.24) is 5.32 Å². The highest BCUT2D eigenvalue weighted by molar-refractivity contribution is 5.76. The summed E-state index contributed by atoms with van der Waals surface area (Å²) in [6.07, 6.45) is 0.226. The van der Waals surface area contributed by atoms with E-state index in [0.717, 1.165) is 36.2 Å². The number of carbonyl (C=O) groups is 1. The van der Waals surface area contributed by atoms with Crippen molar-refractivity contribution < 1.29 is 14.0 Å². The fourth-order valence-electron chi connectivity index (χ4n) is 2.90. The summed E-state index contributed by atoms with van der Waals surface area (Å²) in [7, 11) is 0. The minimum Gasteiger partial charge on any atom is -0.366 e. The van der Waals surface area contributed by atoms with Crippen LogP contribution in [-0.4, -0.2) is 56.3 Å². The minimum atomic E-state index is -0.125. The number of nitrogens with zero attached hydrogens (tertiary/aromatic N) is 1. The number of ether oxygens (including phenoxy) is 1. The minimum absolute atomic E-state index is 0.0252. The van der Waals surface area contributed by atoms with E-state index < -0.39 is 0 Å². The molecular weight excluding hydrogens is 302 g/mol. The van der Waals surface area contributed by atoms with Crippen molar-refractivity contribution in [2.24, 2.45) is 5.73 Å². The van der Waals surface area contributed by atoms with Gasteiger partial charge in [0.05, 0.1) is 26.2 Å². The zero-order valence-corrected chi connectivity index (χ0v) is 15.5. The second-order valence-electron chi connectivity index (χ2n) is 6.13. The topological polar surface area (TPSA) is 64.3 Å². The smallest absolute Gasteiger partial charge is 0.221 e. The summed E-state index contributed by atoms with van der Waals surface area (Å²) < 4.78 is 7.21. The molecule has 0 bridgehead atoms. The molecule has 0 aliphatic carbocycles. The van der Waals surface area contributed by atoms with E-state index in [4.69, 9.17) is 10.5 Å². The fraction of sp³-hybridized carbons (Fsp3) is 0.632. The summed E-state index contributed by atoms with van der Waals surface area (Å²) >= 11 is 0. The first-order valence-corrected chi connectivity index (χ1v) is 9.09. The van der Waals surface area contributed by atoms with Gasteiger partial charge in [0.1, 0.15) is 12.6 Å². The van der Waals surface area contributed by atoms with E-state index in [0.29, 0.717) is 26.1 Å². The zero-order chi connectivity index (χ0) is 17.8. The van der Waals surface area contributed by atoms with Crippen LogP contribution in [0.5, 0.6) is 0 Å². The summed E-state index contributed by atoms with van der Waals surface area (Å²) in [5, 5.41) is 2.92. The Balaban J connectivity index is 2.64. The molecule has 0 saturated heterocycles. The highest BCUT2D eigenvalue weighted by atomic mass is 16.5. The number of benzene rings is 1. The van der Waals surface area contributed by atoms with Crippen LogP contribution in [0.3, 0.4) is 0 Å². The largest absolute Gasteiger partial charge is 0.366 e. The van der Waals surface area contributed by atoms with Gasteiger partial charge in [-0.05, 0) is 26.3 Å². The number of rotatable bonds is 12. The van der Waals surface area contributed by atoms with E-state index in [2.05, 4.69) is 26.1 Å². The Morgan fingerprint density at radius 3 is 2.33 bits per heavy atom. The maximum absolute atomic E-state index is 11.7. The molecule has 0 radical (unpaired) electrons. The van der Waals surface area contributed by atoms with E-state index in [-0.39, 0.29) is 12.0 Å². The van der Waals surface area contributed by atoms with Crippen molar-refractivity contribution in [1.29, 1.82) is 0 Å². The van der Waals surface area contributed by atoms with Gasteiger partial charge < -0.3 is 20.3 Å². The normalized spacial score (nSPS) is 12.8. The second kappa shape index (κ2) is 11.2. The van der Waals surface area contributed by atoms with Crippen molar-refractivity contribution >= 4 is 5.91 Å². The molecule has 1 aromatic rings. The maximum Gasteiger partial charge on any atom is 0.221 e. The molecule has 1 amide bonds. The molecule has 1 atom stereocenters. The molecule has 0 heterocycles. The van der Waals surface area contributed by atoms with Gasteiger partial charge in [-0.3, -0.25) is 4.79 Å². The SMILES string of the molecule is CC[N+](CC)(CC)CCOC(CNC(=O)CCN)c1ccccc1. The third-order valence-corrected chi connectivity index (χ3v) is 4.92. The number of quaternary nitrogens is 1. The highest BCUT2D eigenvalue weighted by Crippen LogP contribution is 2.17. The predicted octanol–water partition coefficient (Wildman–Crippen LogP) is 2.09. The van der Waals surface area contributed by atoms with Crippen LogP contribution >= 0.6 is 0 Å². The number of nitrogens with one attached hydrogen (secondary N) is 1. The van der Waals surface area contributed by atoms with Gasteiger partial charge >= 0.3 is 0 Å². The summed E-state index contributed by atoms with van der Waals surface area (Å²) in [6.45, 7) is 12.5. The molecule has 0 aromatic heterocycles. The maximum atomic E-state index is 11.7.